The zero-order valence-corrected chi connectivity index (χ0v) is 50.4. The van der Waals surface area contributed by atoms with Gasteiger partial charge in [-0.2, -0.15) is 12.9 Å². The fraction of sp³-hybridized carbons (Fsp3) is 0.421. The zero-order chi connectivity index (χ0) is 62.8. The average Bonchev–Trinajstić information content (AvgIpc) is 2.51. The van der Waals surface area contributed by atoms with Gasteiger partial charge in [-0.25, -0.2) is 25.3 Å². The van der Waals surface area contributed by atoms with Crippen LogP contribution < -0.4 is 0 Å². The van der Waals surface area contributed by atoms with Gasteiger partial charge in [-0.15, -0.1) is 0 Å². The molecule has 3 N–H and O–H groups in total. The van der Waals surface area contributed by atoms with Crippen molar-refractivity contribution < 1.29 is 74.3 Å². The molecule has 2 aliphatic heterocycles. The molecule has 7 rings (SSSR count). The molecule has 5 aromatic rings. The minimum Gasteiger partial charge on any atom is -0.480 e. The molecule has 5 aromatic carbocycles. The number of aryl methyl sites for hydroxylation is 3. The van der Waals surface area contributed by atoms with E-state index < -0.39 is 69.9 Å². The van der Waals surface area contributed by atoms with Crippen molar-refractivity contribution >= 4 is 59.4 Å². The number of hydrogen-bond donors (Lipinski definition) is 3. The van der Waals surface area contributed by atoms with Gasteiger partial charge in [0.2, 0.25) is 30.1 Å². The molecule has 0 aliphatic carbocycles. The van der Waals surface area contributed by atoms with Crippen molar-refractivity contribution in [1.29, 1.82) is 0 Å². The second-order valence-corrected chi connectivity index (χ2v) is 26.5. The maximum Gasteiger partial charge on any atom is 0.317 e. The van der Waals surface area contributed by atoms with Gasteiger partial charge < -0.3 is 24.8 Å². The molecular formula is C57H72N8O18S3. The van der Waals surface area contributed by atoms with Crippen LogP contribution in [-0.2, 0) is 66.8 Å². The number of nitro benzene ring substituents is 2. The molecule has 0 aromatic heterocycles. The lowest BCUT2D eigenvalue weighted by atomic mass is 10.0. The van der Waals surface area contributed by atoms with E-state index in [0.29, 0.717) is 31.6 Å². The molecule has 0 amide bonds. The summed E-state index contributed by atoms with van der Waals surface area (Å²) < 4.78 is 100. The number of benzene rings is 5. The quantitative estimate of drug-likeness (QED) is 0.0816. The van der Waals surface area contributed by atoms with Crippen molar-refractivity contribution in [2.45, 2.75) is 60.4 Å². The van der Waals surface area contributed by atoms with Gasteiger partial charge in [0.1, 0.15) is 0 Å². The van der Waals surface area contributed by atoms with E-state index in [4.69, 9.17) is 14.6 Å². The van der Waals surface area contributed by atoms with E-state index >= 15 is 0 Å². The van der Waals surface area contributed by atoms with Crippen LogP contribution in [0.4, 0.5) is 11.4 Å². The van der Waals surface area contributed by atoms with Crippen molar-refractivity contribution in [1.82, 2.24) is 27.6 Å². The Labute approximate surface area is 500 Å². The van der Waals surface area contributed by atoms with E-state index in [-0.39, 0.29) is 124 Å². The summed E-state index contributed by atoms with van der Waals surface area (Å²) in [5.74, 6) is -3.08. The number of carboxylic acids is 3. The van der Waals surface area contributed by atoms with Gasteiger partial charge in [0, 0.05) is 95.8 Å². The predicted molar refractivity (Wildman–Crippen MR) is 315 cm³/mol. The summed E-state index contributed by atoms with van der Waals surface area (Å²) in [5.41, 5.74) is 3.72. The minimum atomic E-state index is -4.25. The lowest BCUT2D eigenvalue weighted by Gasteiger charge is -2.34. The highest BCUT2D eigenvalue weighted by Gasteiger charge is 2.36. The Morgan fingerprint density at radius 2 is 0.802 bits per heavy atom. The number of carbonyl (C=O) groups is 3. The molecule has 2 aliphatic rings. The Morgan fingerprint density at radius 1 is 0.453 bits per heavy atom. The van der Waals surface area contributed by atoms with Crippen LogP contribution in [0.5, 0.6) is 0 Å². The molecular weight excluding hydrogens is 1180 g/mol. The Bertz CT molecular complexity index is 3440. The maximum atomic E-state index is 14.4. The maximum absolute atomic E-state index is 14.4. The summed E-state index contributed by atoms with van der Waals surface area (Å²) in [7, 11) is -12.6. The smallest absolute Gasteiger partial charge is 0.317 e. The third-order valence-electron chi connectivity index (χ3n) is 14.4. The van der Waals surface area contributed by atoms with Crippen molar-refractivity contribution in [2.75, 3.05) is 112 Å². The number of non-ortho nitro benzene ring substituents is 2. The van der Waals surface area contributed by atoms with Crippen LogP contribution in [0.2, 0.25) is 0 Å². The molecule has 26 nitrogen and oxygen atoms in total. The Morgan fingerprint density at radius 3 is 1.22 bits per heavy atom. The van der Waals surface area contributed by atoms with E-state index in [1.165, 1.54) is 81.4 Å². The Kier molecular flexibility index (Phi) is 24.9. The zero-order valence-electron chi connectivity index (χ0n) is 47.9. The molecule has 2 unspecified atom stereocenters. The van der Waals surface area contributed by atoms with Gasteiger partial charge in [0.05, 0.1) is 76.6 Å². The van der Waals surface area contributed by atoms with Crippen LogP contribution in [0.1, 0.15) is 27.8 Å². The van der Waals surface area contributed by atoms with Gasteiger partial charge >= 0.3 is 17.9 Å². The lowest BCUT2D eigenvalue weighted by molar-refractivity contribution is -0.385. The van der Waals surface area contributed by atoms with E-state index in [2.05, 4.69) is 0 Å². The minimum absolute atomic E-state index is 0.00204. The first-order valence-corrected chi connectivity index (χ1v) is 31.7. The molecule has 0 bridgehead atoms. The van der Waals surface area contributed by atoms with Crippen LogP contribution >= 0.6 is 0 Å². The van der Waals surface area contributed by atoms with Crippen molar-refractivity contribution in [3.05, 3.63) is 169 Å². The van der Waals surface area contributed by atoms with E-state index in [1.54, 1.807) is 63.2 Å². The number of nitrogens with zero attached hydrogens (tertiary/aromatic N) is 8. The van der Waals surface area contributed by atoms with Crippen LogP contribution in [0.15, 0.2) is 136 Å². The first kappa shape index (κ1) is 68.0. The Balaban J connectivity index is 0.000000302. The van der Waals surface area contributed by atoms with Crippen LogP contribution in [0, 0.1) is 41.0 Å². The third-order valence-corrected chi connectivity index (χ3v) is 20.2. The predicted octanol–water partition coefficient (Wildman–Crippen LogP) is 4.23. The average molecular weight is 1250 g/mol. The monoisotopic (exact) mass is 1250 g/mol. The summed E-state index contributed by atoms with van der Waals surface area (Å²) in [6.07, 6.45) is 0.433. The summed E-state index contributed by atoms with van der Waals surface area (Å²) in [5, 5.41) is 50.1. The number of aliphatic carboxylic acids is 3. The molecule has 466 valence electrons. The number of carboxylic acid groups (broad SMARTS) is 3. The molecule has 0 saturated carbocycles. The number of ether oxygens (including phenoxy) is 2. The molecule has 0 radical (unpaired) electrons. The highest BCUT2D eigenvalue weighted by Crippen LogP contribution is 2.26. The van der Waals surface area contributed by atoms with Crippen LogP contribution in [-0.4, -0.2) is 220 Å². The topological polar surface area (TPSA) is 338 Å². The SMILES string of the molecule is Cc1ccc(S(=O)(=O)N2CCOCC(Cc3ccc([N+](=O)[O-])cc3)N(S(=O)(=O)c3ccc(C)cc3)CCN(S(=O)(=O)c3ccc(C)cc3)CC2)cc1.O=C(O)CN1CCOCC(Cc2ccc([N+](=O)[O-])cc2)N(CC(=O)O)CCN(CC(=O)O)CC1. The molecule has 86 heavy (non-hydrogen) atoms. The number of nitro groups is 2. The molecule has 2 atom stereocenters. The normalized spacial score (nSPS) is 18.6. The molecule has 0 spiro atoms. The van der Waals surface area contributed by atoms with Crippen molar-refractivity contribution in [2.24, 2.45) is 0 Å². The van der Waals surface area contributed by atoms with Crippen LogP contribution in [0.3, 0.4) is 0 Å². The number of sulfonamides is 3. The highest BCUT2D eigenvalue weighted by molar-refractivity contribution is 7.89. The fourth-order valence-corrected chi connectivity index (χ4v) is 14.1. The standard InChI is InChI=1S/C36H42N4O9S3.C21H30N4O9/c1-28-4-14-34(15-5-28)50(43,44)37-20-21-38(51(45,46)35-16-6-29(2)7-17-35)24-25-49-27-33(26-31-10-12-32(13-11-31)40(41)42)39(23-22-37)52(47,48)36-18-8-30(3)9-19-36;26-19(27)12-22-5-6-23(13-20(28)29)9-10-34-15-18(24(8-7-22)14-21(30)31)11-16-1-3-17(4-2-16)25(32)33/h4-19,33H,20-27H2,1-3H3;1-4,18H,5-15H2,(H,26,27)(H,28,29)(H,30,31). The van der Waals surface area contributed by atoms with E-state index in [0.717, 1.165) is 26.6 Å². The van der Waals surface area contributed by atoms with Gasteiger partial charge in [0.25, 0.3) is 11.4 Å². The lowest BCUT2D eigenvalue weighted by Crippen LogP contribution is -2.50. The van der Waals surface area contributed by atoms with E-state index in [1.807, 2.05) is 20.8 Å². The third kappa shape index (κ3) is 20.0. The van der Waals surface area contributed by atoms with E-state index in [9.17, 15) is 70.1 Å². The highest BCUT2D eigenvalue weighted by atomic mass is 32.2. The first-order chi connectivity index (χ1) is 40.7. The van der Waals surface area contributed by atoms with Crippen molar-refractivity contribution in [3.8, 4) is 0 Å². The first-order valence-electron chi connectivity index (χ1n) is 27.4. The molecule has 2 heterocycles. The fourth-order valence-electron chi connectivity index (χ4n) is 9.63. The molecule has 2 saturated heterocycles. The summed E-state index contributed by atoms with van der Waals surface area (Å²) >= 11 is 0. The second-order valence-electron chi connectivity index (χ2n) is 20.8. The largest absolute Gasteiger partial charge is 0.480 e. The number of rotatable bonds is 18. The number of hydrogen-bond acceptors (Lipinski definition) is 18. The molecule has 2 fully saturated rings. The van der Waals surface area contributed by atoms with Gasteiger partial charge in [-0.3, -0.25) is 49.3 Å². The summed E-state index contributed by atoms with van der Waals surface area (Å²) in [4.78, 5) is 60.3. The molecule has 29 heteroatoms. The van der Waals surface area contributed by atoms with Crippen molar-refractivity contribution in [3.63, 3.8) is 0 Å². The summed E-state index contributed by atoms with van der Waals surface area (Å²) in [6, 6.07) is 29.3. The van der Waals surface area contributed by atoms with Gasteiger partial charge in [-0.05, 0) is 81.1 Å². The van der Waals surface area contributed by atoms with Gasteiger partial charge in [0.15, 0.2) is 0 Å². The Hall–Kier alpha value is -7.16. The second kappa shape index (κ2) is 31.5. The summed E-state index contributed by atoms with van der Waals surface area (Å²) in [6.45, 7) is 5.03. The van der Waals surface area contributed by atoms with Crippen LogP contribution in [0.25, 0.3) is 0 Å². The van der Waals surface area contributed by atoms with Gasteiger partial charge in [-0.1, -0.05) is 77.4 Å².